The van der Waals surface area contributed by atoms with Crippen LogP contribution >= 0.6 is 15.6 Å². The predicted molar refractivity (Wildman–Crippen MR) is 57.9 cm³/mol. The zero-order valence-corrected chi connectivity index (χ0v) is 11.4. The Bertz CT molecular complexity index is 418. The highest BCUT2D eigenvalue weighted by Gasteiger charge is 2.52. The van der Waals surface area contributed by atoms with Crippen LogP contribution in [0.15, 0.2) is 0 Å². The zero-order valence-electron chi connectivity index (χ0n) is 9.57. The molecule has 14 heteroatoms. The maximum Gasteiger partial charge on any atom is 0.481 e. The number of aliphatic hydroxyl groups is 5. The Morgan fingerprint density at radius 1 is 0.700 bits per heavy atom. The van der Waals surface area contributed by atoms with Crippen LogP contribution in [-0.2, 0) is 18.0 Å². The van der Waals surface area contributed by atoms with Crippen LogP contribution in [0.25, 0.3) is 0 Å². The molecule has 1 aliphatic rings. The maximum atomic E-state index is 11.3. The van der Waals surface area contributed by atoms with Crippen LogP contribution in [-0.4, -0.2) is 76.8 Å². The molecule has 1 aliphatic carbocycles. The van der Waals surface area contributed by atoms with Crippen molar-refractivity contribution < 1.29 is 58.2 Å². The summed E-state index contributed by atoms with van der Waals surface area (Å²) in [6.45, 7) is 0. The van der Waals surface area contributed by atoms with Crippen LogP contribution in [0.4, 0.5) is 0 Å². The van der Waals surface area contributed by atoms with Gasteiger partial charge >= 0.3 is 15.6 Å². The van der Waals surface area contributed by atoms with E-state index in [-0.39, 0.29) is 0 Å². The fourth-order valence-corrected chi connectivity index (χ4v) is 3.42. The summed E-state index contributed by atoms with van der Waals surface area (Å²) in [4.78, 5) is 25.8. The van der Waals surface area contributed by atoms with E-state index >= 15 is 0 Å². The first kappa shape index (κ1) is 18.1. The van der Waals surface area contributed by atoms with Crippen molar-refractivity contribution in [2.45, 2.75) is 36.6 Å². The van der Waals surface area contributed by atoms with Crippen molar-refractivity contribution in [2.24, 2.45) is 0 Å². The van der Waals surface area contributed by atoms with Gasteiger partial charge in [-0.3, -0.25) is 4.52 Å². The van der Waals surface area contributed by atoms with Crippen molar-refractivity contribution in [2.75, 3.05) is 0 Å². The Hall–Kier alpha value is 0.0600. The van der Waals surface area contributed by atoms with Gasteiger partial charge in [0.15, 0.2) is 0 Å². The third-order valence-electron chi connectivity index (χ3n) is 2.54. The fourth-order valence-electron chi connectivity index (χ4n) is 1.63. The number of phosphoric acid groups is 2. The monoisotopic (exact) mass is 340 g/mol. The lowest BCUT2D eigenvalue weighted by molar-refractivity contribution is -0.219. The van der Waals surface area contributed by atoms with Crippen LogP contribution in [0.5, 0.6) is 0 Å². The number of hydrogen-bond acceptors (Lipinski definition) is 9. The molecule has 120 valence electrons. The van der Waals surface area contributed by atoms with Crippen LogP contribution in [0.2, 0.25) is 0 Å². The first-order valence-electron chi connectivity index (χ1n) is 5.04. The molecule has 0 aromatic carbocycles. The topological polar surface area (TPSA) is 214 Å². The Morgan fingerprint density at radius 3 is 1.40 bits per heavy atom. The fraction of sp³-hybridized carbons (Fsp3) is 1.00. The van der Waals surface area contributed by atoms with Gasteiger partial charge in [-0.2, -0.15) is 4.31 Å². The highest BCUT2D eigenvalue weighted by Crippen LogP contribution is 2.58. The second kappa shape index (κ2) is 6.05. The average Bonchev–Trinajstić information content (AvgIpc) is 2.26. The third-order valence-corrected chi connectivity index (χ3v) is 4.72. The molecule has 0 bridgehead atoms. The van der Waals surface area contributed by atoms with Gasteiger partial charge < -0.3 is 40.2 Å². The van der Waals surface area contributed by atoms with Crippen molar-refractivity contribution in [3.63, 3.8) is 0 Å². The molecule has 0 heterocycles. The number of aliphatic hydroxyl groups excluding tert-OH is 5. The lowest BCUT2D eigenvalue weighted by Gasteiger charge is -2.41. The lowest BCUT2D eigenvalue weighted by atomic mass is 9.85. The molecule has 8 N–H and O–H groups in total. The molecule has 0 aromatic heterocycles. The molecule has 0 spiro atoms. The molecule has 0 radical (unpaired) electrons. The van der Waals surface area contributed by atoms with E-state index in [0.717, 1.165) is 0 Å². The molecule has 1 fully saturated rings. The van der Waals surface area contributed by atoms with Crippen LogP contribution in [0, 0.1) is 0 Å². The predicted octanol–water partition coefficient (Wildman–Crippen LogP) is -3.60. The molecular formula is C6H14O12P2. The molecule has 1 saturated carbocycles. The molecular weight excluding hydrogens is 326 g/mol. The molecule has 1 rings (SSSR count). The molecule has 0 aromatic rings. The molecule has 0 amide bonds. The second-order valence-electron chi connectivity index (χ2n) is 4.06. The molecule has 12 nitrogen and oxygen atoms in total. The van der Waals surface area contributed by atoms with E-state index in [4.69, 9.17) is 14.7 Å². The smallest absolute Gasteiger partial charge is 0.387 e. The van der Waals surface area contributed by atoms with Gasteiger partial charge in [0.2, 0.25) is 0 Å². The van der Waals surface area contributed by atoms with Crippen LogP contribution in [0.3, 0.4) is 0 Å². The van der Waals surface area contributed by atoms with Crippen molar-refractivity contribution >= 4 is 15.6 Å². The van der Waals surface area contributed by atoms with Gasteiger partial charge in [-0.1, -0.05) is 0 Å². The van der Waals surface area contributed by atoms with Gasteiger partial charge in [0.1, 0.15) is 36.6 Å². The molecule has 0 aliphatic heterocycles. The summed E-state index contributed by atoms with van der Waals surface area (Å²) in [5, 5.41) is 46.8. The summed E-state index contributed by atoms with van der Waals surface area (Å²) < 4.78 is 29.2. The molecule has 7 atom stereocenters. The Labute approximate surface area is 111 Å². The summed E-state index contributed by atoms with van der Waals surface area (Å²) in [6.07, 6.45) is -12.4. The van der Waals surface area contributed by atoms with Crippen molar-refractivity contribution in [3.05, 3.63) is 0 Å². The largest absolute Gasteiger partial charge is 0.481 e. The first-order chi connectivity index (χ1) is 8.86. The van der Waals surface area contributed by atoms with E-state index in [1.165, 1.54) is 0 Å². The summed E-state index contributed by atoms with van der Waals surface area (Å²) >= 11 is 0. The van der Waals surface area contributed by atoms with E-state index in [1.807, 2.05) is 0 Å². The van der Waals surface area contributed by atoms with Gasteiger partial charge in [-0.25, -0.2) is 9.13 Å². The highest BCUT2D eigenvalue weighted by molar-refractivity contribution is 7.60. The number of hydrogen-bond donors (Lipinski definition) is 8. The number of phosphoric ester groups is 1. The van der Waals surface area contributed by atoms with Crippen molar-refractivity contribution in [3.8, 4) is 0 Å². The van der Waals surface area contributed by atoms with E-state index in [9.17, 15) is 34.7 Å². The lowest BCUT2D eigenvalue weighted by Crippen LogP contribution is -2.64. The van der Waals surface area contributed by atoms with Gasteiger partial charge in [-0.15, -0.1) is 0 Å². The standard InChI is InChI=1S/C6H14O12P2/c7-1-2(8)4(10)6(5(11)3(1)9)17-20(15,16)18-19(12,13)14/h1-11H,(H,15,16)(H2,12,13,14)/t1?,2-,3-,4-,5+,6?/m1/s1. The quantitative estimate of drug-likeness (QED) is 0.233. The van der Waals surface area contributed by atoms with E-state index in [0.29, 0.717) is 0 Å². The van der Waals surface area contributed by atoms with E-state index < -0.39 is 52.3 Å². The second-order valence-corrected chi connectivity index (χ2v) is 6.85. The highest BCUT2D eigenvalue weighted by atomic mass is 31.3. The summed E-state index contributed by atoms with van der Waals surface area (Å²) in [5.41, 5.74) is 0. The normalized spacial score (nSPS) is 42.2. The summed E-state index contributed by atoms with van der Waals surface area (Å²) in [5.74, 6) is 0. The maximum absolute atomic E-state index is 11.3. The van der Waals surface area contributed by atoms with Crippen LogP contribution < -0.4 is 0 Å². The SMILES string of the molecule is O=P(O)(O)OP(=O)(O)OC1[C@@H](O)[C@H](O)C(O)[C@@H](O)[C@H]1O. The van der Waals surface area contributed by atoms with Gasteiger partial charge in [0.25, 0.3) is 0 Å². The van der Waals surface area contributed by atoms with Crippen molar-refractivity contribution in [1.82, 2.24) is 0 Å². The van der Waals surface area contributed by atoms with Gasteiger partial charge in [-0.05, 0) is 0 Å². The Morgan fingerprint density at radius 2 is 1.05 bits per heavy atom. The Kier molecular flexibility index (Phi) is 5.48. The minimum absolute atomic E-state index is 1.96. The summed E-state index contributed by atoms with van der Waals surface area (Å²) in [7, 11) is -10.8. The third kappa shape index (κ3) is 4.28. The zero-order chi connectivity index (χ0) is 15.9. The van der Waals surface area contributed by atoms with Crippen LogP contribution in [0.1, 0.15) is 0 Å². The minimum atomic E-state index is -5.42. The summed E-state index contributed by atoms with van der Waals surface area (Å²) in [6, 6.07) is 0. The van der Waals surface area contributed by atoms with E-state index in [1.54, 1.807) is 0 Å². The first-order valence-corrected chi connectivity index (χ1v) is 8.07. The van der Waals surface area contributed by atoms with Crippen molar-refractivity contribution in [1.29, 1.82) is 0 Å². The molecule has 0 saturated heterocycles. The minimum Gasteiger partial charge on any atom is -0.387 e. The molecule has 20 heavy (non-hydrogen) atoms. The van der Waals surface area contributed by atoms with E-state index in [2.05, 4.69) is 8.83 Å². The van der Waals surface area contributed by atoms with Gasteiger partial charge in [0.05, 0.1) is 0 Å². The average molecular weight is 340 g/mol. The van der Waals surface area contributed by atoms with Gasteiger partial charge in [0, 0.05) is 0 Å². The number of rotatable bonds is 4. The molecule has 3 unspecified atom stereocenters. The Balaban J connectivity index is 2.90.